The highest BCUT2D eigenvalue weighted by molar-refractivity contribution is 5.87. The van der Waals surface area contributed by atoms with Gasteiger partial charge in [-0.15, -0.1) is 0 Å². The maximum Gasteiger partial charge on any atom is 0.326 e. The second kappa shape index (κ2) is 8.24. The number of aliphatic carboxylic acids is 1. The third-order valence-electron chi connectivity index (χ3n) is 5.56. The van der Waals surface area contributed by atoms with Crippen LogP contribution in [0.1, 0.15) is 70.4 Å². The van der Waals surface area contributed by atoms with Gasteiger partial charge in [-0.2, -0.15) is 0 Å². The van der Waals surface area contributed by atoms with Gasteiger partial charge in [0.2, 0.25) is 5.91 Å². The van der Waals surface area contributed by atoms with Gasteiger partial charge in [0.05, 0.1) is 0 Å². The molecule has 1 fully saturated rings. The molecule has 1 aliphatic carbocycles. The summed E-state index contributed by atoms with van der Waals surface area (Å²) in [7, 11) is 0. The highest BCUT2D eigenvalue weighted by Crippen LogP contribution is 2.44. The molecule has 0 bridgehead atoms. The Morgan fingerprint density at radius 2 is 1.73 bits per heavy atom. The minimum atomic E-state index is -0.970. The van der Waals surface area contributed by atoms with Crippen molar-refractivity contribution in [3.05, 3.63) is 35.4 Å². The van der Waals surface area contributed by atoms with Crippen LogP contribution < -0.4 is 5.32 Å². The van der Waals surface area contributed by atoms with Crippen LogP contribution in [0.25, 0.3) is 0 Å². The molecule has 0 radical (unpaired) electrons. The number of nitrogens with one attached hydrogen (secondary N) is 1. The van der Waals surface area contributed by atoms with Gasteiger partial charge in [-0.25, -0.2) is 4.79 Å². The number of amides is 1. The molecule has 1 aromatic rings. The third-order valence-corrected chi connectivity index (χ3v) is 5.56. The molecule has 0 unspecified atom stereocenters. The van der Waals surface area contributed by atoms with Gasteiger partial charge in [0.15, 0.2) is 0 Å². The molecule has 2 N–H and O–H groups in total. The summed E-state index contributed by atoms with van der Waals surface area (Å²) in [5.74, 6) is -1.04. The fourth-order valence-electron chi connectivity index (χ4n) is 3.73. The molecule has 0 aliphatic heterocycles. The first-order chi connectivity index (χ1) is 12.1. The number of carbonyl (C=O) groups is 2. The predicted octanol–water partition coefficient (Wildman–Crippen LogP) is 4.49. The number of hydrogen-bond acceptors (Lipinski definition) is 2. The van der Waals surface area contributed by atoms with Crippen LogP contribution in [-0.2, 0) is 16.0 Å². The highest BCUT2D eigenvalue weighted by Gasteiger charge is 2.42. The zero-order valence-corrected chi connectivity index (χ0v) is 16.6. The van der Waals surface area contributed by atoms with E-state index in [1.165, 1.54) is 0 Å². The van der Waals surface area contributed by atoms with Crippen molar-refractivity contribution in [1.82, 2.24) is 5.32 Å². The normalized spacial score (nSPS) is 17.7. The van der Waals surface area contributed by atoms with Crippen molar-refractivity contribution in [2.75, 3.05) is 0 Å². The smallest absolute Gasteiger partial charge is 0.326 e. The summed E-state index contributed by atoms with van der Waals surface area (Å²) in [6.07, 6.45) is 5.95. The van der Waals surface area contributed by atoms with Crippen LogP contribution in [0.2, 0.25) is 0 Å². The molecule has 2 rings (SSSR count). The lowest BCUT2D eigenvalue weighted by Gasteiger charge is -2.32. The van der Waals surface area contributed by atoms with Gasteiger partial charge in [0.1, 0.15) is 6.04 Å². The number of carboxylic acids is 1. The predicted molar refractivity (Wildman–Crippen MR) is 104 cm³/mol. The average Bonchev–Trinajstić information content (AvgIpc) is 3.04. The van der Waals surface area contributed by atoms with E-state index >= 15 is 0 Å². The first kappa shape index (κ1) is 20.5. The van der Waals surface area contributed by atoms with Crippen LogP contribution in [-0.4, -0.2) is 23.0 Å². The van der Waals surface area contributed by atoms with Crippen LogP contribution in [0, 0.1) is 17.8 Å². The minimum absolute atomic E-state index is 0.0706. The van der Waals surface area contributed by atoms with E-state index in [0.29, 0.717) is 6.42 Å². The van der Waals surface area contributed by atoms with Gasteiger partial charge in [0.25, 0.3) is 0 Å². The monoisotopic (exact) mass is 359 g/mol. The lowest BCUT2D eigenvalue weighted by Crippen LogP contribution is -2.49. The Hall–Kier alpha value is -1.84. The highest BCUT2D eigenvalue weighted by atomic mass is 16.4. The van der Waals surface area contributed by atoms with Gasteiger partial charge >= 0.3 is 5.97 Å². The molecule has 4 heteroatoms. The topological polar surface area (TPSA) is 66.4 Å². The molecule has 1 aliphatic rings. The molecule has 1 amide bonds. The van der Waals surface area contributed by atoms with Crippen LogP contribution in [0.4, 0.5) is 0 Å². The third kappa shape index (κ3) is 5.58. The quantitative estimate of drug-likeness (QED) is 0.753. The van der Waals surface area contributed by atoms with Crippen LogP contribution in [0.15, 0.2) is 24.3 Å². The maximum absolute atomic E-state index is 13.1. The zero-order valence-electron chi connectivity index (χ0n) is 16.6. The van der Waals surface area contributed by atoms with Gasteiger partial charge in [-0.05, 0) is 43.6 Å². The van der Waals surface area contributed by atoms with Gasteiger partial charge < -0.3 is 10.4 Å². The Morgan fingerprint density at radius 3 is 2.23 bits per heavy atom. The second-order valence-electron chi connectivity index (χ2n) is 9.10. The summed E-state index contributed by atoms with van der Waals surface area (Å²) in [6.45, 7) is 8.56. The van der Waals surface area contributed by atoms with E-state index in [2.05, 4.69) is 26.1 Å². The molecule has 1 atom stereocenters. The van der Waals surface area contributed by atoms with E-state index in [1.807, 2.05) is 31.2 Å². The molecule has 0 heterocycles. The fourth-order valence-corrected chi connectivity index (χ4v) is 3.73. The number of benzene rings is 1. The van der Waals surface area contributed by atoms with E-state index < -0.39 is 17.4 Å². The zero-order chi connectivity index (χ0) is 19.4. The van der Waals surface area contributed by atoms with E-state index in [4.69, 9.17) is 0 Å². The van der Waals surface area contributed by atoms with Crippen LogP contribution in [0.5, 0.6) is 0 Å². The first-order valence-corrected chi connectivity index (χ1v) is 9.71. The van der Waals surface area contributed by atoms with Crippen molar-refractivity contribution in [3.8, 4) is 0 Å². The number of aryl methyl sites for hydroxylation is 1. The number of rotatable bonds is 7. The fraction of sp³-hybridized carbons (Fsp3) is 0.636. The lowest BCUT2D eigenvalue weighted by atomic mass is 9.75. The Bertz CT molecular complexity index is 622. The standard InChI is InChI=1S/C22H33NO3/c1-16-7-9-17(10-8-16)15-18(19(24)25)23-20(26)22(11-5-6-12-22)14-13-21(2,3)4/h7-10,18H,5-6,11-15H2,1-4H3,(H,23,26)(H,24,25)/t18-/m0/s1. The molecule has 0 saturated heterocycles. The van der Waals surface area contributed by atoms with E-state index in [-0.39, 0.29) is 11.3 Å². The summed E-state index contributed by atoms with van der Waals surface area (Å²) in [5.41, 5.74) is 1.84. The van der Waals surface area contributed by atoms with Crippen LogP contribution in [0.3, 0.4) is 0 Å². The number of carbonyl (C=O) groups excluding carboxylic acids is 1. The van der Waals surface area contributed by atoms with Crippen molar-refractivity contribution in [2.45, 2.75) is 78.7 Å². The minimum Gasteiger partial charge on any atom is -0.480 e. The molecule has 0 aromatic heterocycles. The molecule has 4 nitrogen and oxygen atoms in total. The first-order valence-electron chi connectivity index (χ1n) is 9.71. The largest absolute Gasteiger partial charge is 0.480 e. The molecule has 1 saturated carbocycles. The second-order valence-corrected chi connectivity index (χ2v) is 9.10. The van der Waals surface area contributed by atoms with Gasteiger partial charge in [0, 0.05) is 11.8 Å². The van der Waals surface area contributed by atoms with Crippen molar-refractivity contribution < 1.29 is 14.7 Å². The molecule has 26 heavy (non-hydrogen) atoms. The molecular weight excluding hydrogens is 326 g/mol. The summed E-state index contributed by atoms with van der Waals surface area (Å²) in [6, 6.07) is 6.93. The Balaban J connectivity index is 2.08. The summed E-state index contributed by atoms with van der Waals surface area (Å²) < 4.78 is 0. The maximum atomic E-state index is 13.1. The van der Waals surface area contributed by atoms with E-state index in [1.54, 1.807) is 0 Å². The average molecular weight is 360 g/mol. The van der Waals surface area contributed by atoms with E-state index in [9.17, 15) is 14.7 Å². The lowest BCUT2D eigenvalue weighted by molar-refractivity contribution is -0.144. The Kier molecular flexibility index (Phi) is 6.48. The van der Waals surface area contributed by atoms with Crippen molar-refractivity contribution >= 4 is 11.9 Å². The molecular formula is C22H33NO3. The SMILES string of the molecule is Cc1ccc(C[C@H](NC(=O)C2(CCC(C)(C)C)CCCC2)C(=O)O)cc1. The van der Waals surface area contributed by atoms with Crippen molar-refractivity contribution in [1.29, 1.82) is 0 Å². The summed E-state index contributed by atoms with van der Waals surface area (Å²) >= 11 is 0. The van der Waals surface area contributed by atoms with Gasteiger partial charge in [-0.1, -0.05) is 63.4 Å². The number of carboxylic acid groups (broad SMARTS) is 1. The molecule has 1 aromatic carbocycles. The van der Waals surface area contributed by atoms with Crippen LogP contribution >= 0.6 is 0 Å². The Morgan fingerprint density at radius 1 is 1.15 bits per heavy atom. The van der Waals surface area contributed by atoms with Crippen molar-refractivity contribution in [3.63, 3.8) is 0 Å². The molecule has 0 spiro atoms. The summed E-state index contributed by atoms with van der Waals surface area (Å²) in [5, 5.41) is 12.5. The van der Waals surface area contributed by atoms with Gasteiger partial charge in [-0.3, -0.25) is 4.79 Å². The molecule has 144 valence electrons. The van der Waals surface area contributed by atoms with E-state index in [0.717, 1.165) is 49.7 Å². The Labute approximate surface area is 157 Å². The number of hydrogen-bond donors (Lipinski definition) is 2. The van der Waals surface area contributed by atoms with Crippen molar-refractivity contribution in [2.24, 2.45) is 10.8 Å². The summed E-state index contributed by atoms with van der Waals surface area (Å²) in [4.78, 5) is 24.8.